The van der Waals surface area contributed by atoms with Gasteiger partial charge in [-0.15, -0.1) is 11.3 Å². The number of thiazole rings is 1. The lowest BCUT2D eigenvalue weighted by atomic mass is 9.94. The summed E-state index contributed by atoms with van der Waals surface area (Å²) in [5, 5.41) is 16.3. The van der Waals surface area contributed by atoms with Crippen LogP contribution in [-0.2, 0) is 11.3 Å². The second-order valence-electron chi connectivity index (χ2n) is 6.57. The average Bonchev–Trinajstić information content (AvgIpc) is 3.42. The first-order valence-electron chi connectivity index (χ1n) is 8.81. The summed E-state index contributed by atoms with van der Waals surface area (Å²) in [6, 6.07) is 5.26. The normalized spacial score (nSPS) is 12.2. The van der Waals surface area contributed by atoms with E-state index in [2.05, 4.69) is 20.1 Å². The maximum absolute atomic E-state index is 11.4. The largest absolute Gasteiger partial charge is 0.481 e. The highest BCUT2D eigenvalue weighted by Crippen LogP contribution is 2.27. The van der Waals surface area contributed by atoms with Crippen LogP contribution in [0.4, 0.5) is 5.82 Å². The van der Waals surface area contributed by atoms with E-state index >= 15 is 0 Å². The van der Waals surface area contributed by atoms with Crippen LogP contribution in [0, 0.1) is 6.92 Å². The van der Waals surface area contributed by atoms with E-state index in [0.717, 1.165) is 22.0 Å². The van der Waals surface area contributed by atoms with Gasteiger partial charge in [-0.1, -0.05) is 11.2 Å². The molecule has 0 aromatic carbocycles. The zero-order valence-corrected chi connectivity index (χ0v) is 16.3. The number of nitrogen functional groups attached to an aromatic ring is 1. The van der Waals surface area contributed by atoms with Gasteiger partial charge in [0.25, 0.3) is 0 Å². The molecule has 10 heteroatoms. The van der Waals surface area contributed by atoms with Crippen molar-refractivity contribution in [3.63, 3.8) is 0 Å². The number of aryl methyl sites for hydroxylation is 1. The molecule has 148 valence electrons. The van der Waals surface area contributed by atoms with Crippen LogP contribution in [0.15, 0.2) is 46.8 Å². The van der Waals surface area contributed by atoms with Gasteiger partial charge in [-0.05, 0) is 18.6 Å². The number of nitrogens with zero attached hydrogens (tertiary/aromatic N) is 5. The van der Waals surface area contributed by atoms with Gasteiger partial charge in [0.1, 0.15) is 17.2 Å². The van der Waals surface area contributed by atoms with Gasteiger partial charge >= 0.3 is 5.97 Å². The van der Waals surface area contributed by atoms with Gasteiger partial charge in [-0.2, -0.15) is 0 Å². The van der Waals surface area contributed by atoms with E-state index in [1.165, 1.54) is 0 Å². The minimum Gasteiger partial charge on any atom is -0.481 e. The van der Waals surface area contributed by atoms with E-state index < -0.39 is 11.9 Å². The standard InChI is InChI=1S/C19H18N6O3S/c1-11-23-16(9-29-11)17-4-13(24-28-17)7-25-8-15(22-10-25)14(5-19(26)27)12-2-3-18(20)21-6-12/h2-4,6,8-10,14H,5,7H2,1H3,(H2,20,21)(H,26,27). The van der Waals surface area contributed by atoms with Crippen molar-refractivity contribution in [2.75, 3.05) is 5.73 Å². The summed E-state index contributed by atoms with van der Waals surface area (Å²) in [7, 11) is 0. The second-order valence-corrected chi connectivity index (χ2v) is 7.63. The molecule has 0 saturated heterocycles. The monoisotopic (exact) mass is 410 g/mol. The molecule has 0 saturated carbocycles. The number of nitrogens with two attached hydrogens (primary N) is 1. The summed E-state index contributed by atoms with van der Waals surface area (Å²) in [6.45, 7) is 2.38. The molecule has 0 aliphatic carbocycles. The van der Waals surface area contributed by atoms with Crippen LogP contribution in [-0.4, -0.2) is 35.8 Å². The summed E-state index contributed by atoms with van der Waals surface area (Å²) < 4.78 is 7.22. The summed E-state index contributed by atoms with van der Waals surface area (Å²) in [5.74, 6) is -0.347. The number of imidazole rings is 1. The Hall–Kier alpha value is -3.53. The lowest BCUT2D eigenvalue weighted by Crippen LogP contribution is -2.09. The molecular formula is C19H18N6O3S. The van der Waals surface area contributed by atoms with Crippen molar-refractivity contribution >= 4 is 23.1 Å². The fourth-order valence-electron chi connectivity index (χ4n) is 3.01. The number of aliphatic carboxylic acids is 1. The maximum Gasteiger partial charge on any atom is 0.304 e. The van der Waals surface area contributed by atoms with Crippen LogP contribution < -0.4 is 5.73 Å². The maximum atomic E-state index is 11.4. The van der Waals surface area contributed by atoms with Crippen LogP contribution in [0.5, 0.6) is 0 Å². The van der Waals surface area contributed by atoms with Crippen molar-refractivity contribution < 1.29 is 14.4 Å². The van der Waals surface area contributed by atoms with Gasteiger partial charge < -0.3 is 19.9 Å². The Balaban J connectivity index is 1.54. The number of carboxylic acid groups (broad SMARTS) is 1. The van der Waals surface area contributed by atoms with Crippen LogP contribution in [0.25, 0.3) is 11.5 Å². The Morgan fingerprint density at radius 1 is 1.38 bits per heavy atom. The highest BCUT2D eigenvalue weighted by molar-refractivity contribution is 7.09. The topological polar surface area (TPSA) is 133 Å². The van der Waals surface area contributed by atoms with E-state index in [9.17, 15) is 9.90 Å². The number of carbonyl (C=O) groups is 1. The van der Waals surface area contributed by atoms with Gasteiger partial charge in [0.2, 0.25) is 0 Å². The molecule has 1 atom stereocenters. The van der Waals surface area contributed by atoms with Crippen molar-refractivity contribution in [3.05, 3.63) is 64.3 Å². The molecule has 9 nitrogen and oxygen atoms in total. The molecule has 29 heavy (non-hydrogen) atoms. The van der Waals surface area contributed by atoms with Crippen molar-refractivity contribution in [3.8, 4) is 11.5 Å². The van der Waals surface area contributed by atoms with Crippen molar-refractivity contribution in [2.45, 2.75) is 25.8 Å². The van der Waals surface area contributed by atoms with Gasteiger partial charge in [-0.25, -0.2) is 15.0 Å². The number of carboxylic acids is 1. The van der Waals surface area contributed by atoms with E-state index in [-0.39, 0.29) is 6.42 Å². The van der Waals surface area contributed by atoms with E-state index in [0.29, 0.717) is 23.8 Å². The Morgan fingerprint density at radius 3 is 2.93 bits per heavy atom. The Morgan fingerprint density at radius 2 is 2.24 bits per heavy atom. The van der Waals surface area contributed by atoms with Crippen LogP contribution >= 0.6 is 11.3 Å². The zero-order chi connectivity index (χ0) is 20.4. The van der Waals surface area contributed by atoms with Gasteiger partial charge in [0.05, 0.1) is 30.0 Å². The number of pyridine rings is 1. The molecule has 0 aliphatic rings. The first-order chi connectivity index (χ1) is 14.0. The lowest BCUT2D eigenvalue weighted by molar-refractivity contribution is -0.137. The van der Waals surface area contributed by atoms with Crippen LogP contribution in [0.3, 0.4) is 0 Å². The Labute approximate surface area is 169 Å². The molecule has 4 rings (SSSR count). The quantitative estimate of drug-likeness (QED) is 0.475. The fourth-order valence-corrected chi connectivity index (χ4v) is 3.61. The first kappa shape index (κ1) is 18.8. The molecule has 4 aromatic rings. The Bertz CT molecular complexity index is 1130. The fraction of sp³-hybridized carbons (Fsp3) is 0.211. The number of hydrogen-bond acceptors (Lipinski definition) is 8. The highest BCUT2D eigenvalue weighted by Gasteiger charge is 2.21. The van der Waals surface area contributed by atoms with Gasteiger partial charge in [0, 0.05) is 29.8 Å². The summed E-state index contributed by atoms with van der Waals surface area (Å²) in [6.07, 6.45) is 4.95. The molecule has 3 N–H and O–H groups in total. The highest BCUT2D eigenvalue weighted by atomic mass is 32.1. The third kappa shape index (κ3) is 4.32. The minimum absolute atomic E-state index is 0.0973. The SMILES string of the molecule is Cc1nc(-c2cc(Cn3cnc(C(CC(=O)O)c4ccc(N)nc4)c3)no2)cs1. The van der Waals surface area contributed by atoms with Crippen LogP contribution in [0.1, 0.15) is 34.3 Å². The van der Waals surface area contributed by atoms with Crippen molar-refractivity contribution in [1.29, 1.82) is 0 Å². The summed E-state index contributed by atoms with van der Waals surface area (Å²) in [4.78, 5) is 24.2. The third-order valence-corrected chi connectivity index (χ3v) is 5.15. The van der Waals surface area contributed by atoms with E-state index in [1.807, 2.05) is 29.1 Å². The second kappa shape index (κ2) is 7.84. The lowest BCUT2D eigenvalue weighted by Gasteiger charge is -2.12. The molecule has 4 heterocycles. The number of rotatable bonds is 7. The molecule has 1 unspecified atom stereocenters. The molecule has 0 aliphatic heterocycles. The predicted octanol–water partition coefficient (Wildman–Crippen LogP) is 2.94. The average molecular weight is 410 g/mol. The third-order valence-electron chi connectivity index (χ3n) is 4.38. The van der Waals surface area contributed by atoms with Crippen molar-refractivity contribution in [2.24, 2.45) is 0 Å². The first-order valence-corrected chi connectivity index (χ1v) is 9.69. The number of aromatic nitrogens is 5. The molecule has 0 amide bonds. The zero-order valence-electron chi connectivity index (χ0n) is 15.5. The molecular weight excluding hydrogens is 392 g/mol. The minimum atomic E-state index is -0.916. The molecule has 0 spiro atoms. The number of hydrogen-bond donors (Lipinski definition) is 2. The smallest absolute Gasteiger partial charge is 0.304 e. The van der Waals surface area contributed by atoms with Crippen molar-refractivity contribution in [1.82, 2.24) is 24.7 Å². The van der Waals surface area contributed by atoms with Gasteiger partial charge in [0.15, 0.2) is 5.76 Å². The predicted molar refractivity (Wildman–Crippen MR) is 106 cm³/mol. The molecule has 4 aromatic heterocycles. The Kier molecular flexibility index (Phi) is 5.09. The van der Waals surface area contributed by atoms with E-state index in [1.54, 1.807) is 36.0 Å². The van der Waals surface area contributed by atoms with E-state index in [4.69, 9.17) is 10.3 Å². The summed E-state index contributed by atoms with van der Waals surface area (Å²) in [5.41, 5.74) is 8.50. The van der Waals surface area contributed by atoms with Crippen LogP contribution in [0.2, 0.25) is 0 Å². The molecule has 0 bridgehead atoms. The molecule has 0 radical (unpaired) electrons. The molecule has 0 fully saturated rings. The summed E-state index contributed by atoms with van der Waals surface area (Å²) >= 11 is 1.55. The number of anilines is 1. The van der Waals surface area contributed by atoms with Gasteiger partial charge in [-0.3, -0.25) is 4.79 Å².